The topological polar surface area (TPSA) is 39.7 Å². The molecule has 0 aliphatic carbocycles. The summed E-state index contributed by atoms with van der Waals surface area (Å²) in [7, 11) is 1.75. The predicted octanol–water partition coefficient (Wildman–Crippen LogP) is 3.98. The van der Waals surface area contributed by atoms with E-state index in [1.807, 2.05) is 6.07 Å². The van der Waals surface area contributed by atoms with Gasteiger partial charge in [-0.1, -0.05) is 22.0 Å². The Labute approximate surface area is 166 Å². The Kier molecular flexibility index (Phi) is 7.05. The second-order valence-corrected chi connectivity index (χ2v) is 8.18. The number of rotatable bonds is 5. The van der Waals surface area contributed by atoms with E-state index >= 15 is 0 Å². The van der Waals surface area contributed by atoms with Gasteiger partial charge in [0.25, 0.3) is 0 Å². The van der Waals surface area contributed by atoms with Crippen molar-refractivity contribution in [1.82, 2.24) is 15.5 Å². The molecular formula is C19H24BrFN4S. The van der Waals surface area contributed by atoms with Gasteiger partial charge in [-0.15, -0.1) is 0 Å². The molecule has 2 aromatic rings. The van der Waals surface area contributed by atoms with E-state index in [4.69, 9.17) is 0 Å². The van der Waals surface area contributed by atoms with Gasteiger partial charge in [-0.3, -0.25) is 9.89 Å². The van der Waals surface area contributed by atoms with Crippen LogP contribution in [-0.2, 0) is 13.1 Å². The highest BCUT2D eigenvalue weighted by atomic mass is 79.9. The van der Waals surface area contributed by atoms with Gasteiger partial charge in [-0.05, 0) is 47.4 Å². The standard InChI is InChI=1S/C19H24BrFN4S/c1-22-19(23-11-15-2-3-16(20)10-18(15)21)24-17-4-7-25(8-5-17)12-14-6-9-26-13-14/h2-3,6,9-10,13,17H,4-5,7-8,11-12H2,1H3,(H2,22,23,24). The molecule has 0 unspecified atom stereocenters. The zero-order valence-electron chi connectivity index (χ0n) is 14.8. The molecule has 1 aliphatic heterocycles. The van der Waals surface area contributed by atoms with Gasteiger partial charge in [0.1, 0.15) is 5.82 Å². The SMILES string of the molecule is CN=C(NCc1ccc(Br)cc1F)NC1CCN(Cc2ccsc2)CC1. The van der Waals surface area contributed by atoms with Crippen LogP contribution < -0.4 is 10.6 Å². The lowest BCUT2D eigenvalue weighted by Gasteiger charge is -2.33. The summed E-state index contributed by atoms with van der Waals surface area (Å²) in [5.74, 6) is 0.507. The molecule has 7 heteroatoms. The van der Waals surface area contributed by atoms with E-state index in [0.717, 1.165) is 42.9 Å². The summed E-state index contributed by atoms with van der Waals surface area (Å²) in [6.45, 7) is 3.60. The number of thiophene rings is 1. The van der Waals surface area contributed by atoms with Crippen molar-refractivity contribution in [1.29, 1.82) is 0 Å². The maximum Gasteiger partial charge on any atom is 0.191 e. The van der Waals surface area contributed by atoms with Crippen molar-refractivity contribution in [2.75, 3.05) is 20.1 Å². The number of hydrogen-bond acceptors (Lipinski definition) is 3. The summed E-state index contributed by atoms with van der Waals surface area (Å²) in [5.41, 5.74) is 2.03. The molecule has 1 aromatic heterocycles. The maximum absolute atomic E-state index is 13.9. The number of aliphatic imine (C=N–C) groups is 1. The highest BCUT2D eigenvalue weighted by Gasteiger charge is 2.20. The minimum atomic E-state index is -0.218. The lowest BCUT2D eigenvalue weighted by atomic mass is 10.0. The van der Waals surface area contributed by atoms with E-state index in [2.05, 4.69) is 53.3 Å². The van der Waals surface area contributed by atoms with Gasteiger partial charge in [0, 0.05) is 49.3 Å². The van der Waals surface area contributed by atoms with E-state index in [1.165, 1.54) is 11.6 Å². The third-order valence-corrected chi connectivity index (χ3v) is 5.83. The van der Waals surface area contributed by atoms with Crippen LogP contribution in [0.3, 0.4) is 0 Å². The molecule has 140 valence electrons. The lowest BCUT2D eigenvalue weighted by Crippen LogP contribution is -2.48. The van der Waals surface area contributed by atoms with Gasteiger partial charge in [-0.2, -0.15) is 11.3 Å². The quantitative estimate of drug-likeness (QED) is 0.547. The first-order valence-corrected chi connectivity index (χ1v) is 10.5. The van der Waals surface area contributed by atoms with Crippen molar-refractivity contribution < 1.29 is 4.39 Å². The fourth-order valence-corrected chi connectivity index (χ4v) is 4.10. The molecule has 0 saturated carbocycles. The number of guanidine groups is 1. The third kappa shape index (κ3) is 5.53. The van der Waals surface area contributed by atoms with E-state index in [0.29, 0.717) is 18.2 Å². The molecule has 2 heterocycles. The summed E-state index contributed by atoms with van der Waals surface area (Å²) < 4.78 is 14.7. The molecule has 1 aliphatic rings. The Hall–Kier alpha value is -1.44. The van der Waals surface area contributed by atoms with Gasteiger partial charge in [-0.25, -0.2) is 4.39 Å². The molecule has 0 bridgehead atoms. The van der Waals surface area contributed by atoms with Crippen LogP contribution in [0.15, 0.2) is 44.5 Å². The van der Waals surface area contributed by atoms with Crippen LogP contribution in [0.4, 0.5) is 4.39 Å². The zero-order chi connectivity index (χ0) is 18.4. The van der Waals surface area contributed by atoms with Crippen molar-refractivity contribution in [3.8, 4) is 0 Å². The minimum Gasteiger partial charge on any atom is -0.354 e. The zero-order valence-corrected chi connectivity index (χ0v) is 17.2. The van der Waals surface area contributed by atoms with Crippen LogP contribution in [0.25, 0.3) is 0 Å². The molecule has 0 atom stereocenters. The smallest absolute Gasteiger partial charge is 0.191 e. The molecule has 3 rings (SSSR count). The highest BCUT2D eigenvalue weighted by Crippen LogP contribution is 2.16. The molecular weight excluding hydrogens is 415 g/mol. The Morgan fingerprint density at radius 1 is 1.35 bits per heavy atom. The molecule has 2 N–H and O–H groups in total. The Balaban J connectivity index is 1.44. The number of piperidine rings is 1. The van der Waals surface area contributed by atoms with Crippen LogP contribution in [0.5, 0.6) is 0 Å². The van der Waals surface area contributed by atoms with Crippen molar-refractivity contribution >= 4 is 33.2 Å². The number of nitrogens with one attached hydrogen (secondary N) is 2. The molecule has 0 radical (unpaired) electrons. The summed E-state index contributed by atoms with van der Waals surface area (Å²) in [6, 6.07) is 7.70. The molecule has 26 heavy (non-hydrogen) atoms. The second kappa shape index (κ2) is 9.48. The van der Waals surface area contributed by atoms with Gasteiger partial charge in [0.2, 0.25) is 0 Å². The Morgan fingerprint density at radius 2 is 2.15 bits per heavy atom. The van der Waals surface area contributed by atoms with Gasteiger partial charge < -0.3 is 10.6 Å². The summed E-state index contributed by atoms with van der Waals surface area (Å²) in [4.78, 5) is 6.77. The summed E-state index contributed by atoms with van der Waals surface area (Å²) in [6.07, 6.45) is 2.16. The molecule has 1 fully saturated rings. The second-order valence-electron chi connectivity index (χ2n) is 6.49. The largest absolute Gasteiger partial charge is 0.354 e. The fraction of sp³-hybridized carbons (Fsp3) is 0.421. The van der Waals surface area contributed by atoms with E-state index < -0.39 is 0 Å². The fourth-order valence-electron chi connectivity index (χ4n) is 3.11. The Morgan fingerprint density at radius 3 is 2.81 bits per heavy atom. The maximum atomic E-state index is 13.9. The summed E-state index contributed by atoms with van der Waals surface area (Å²) in [5, 5.41) is 11.0. The van der Waals surface area contributed by atoms with Crippen LogP contribution in [0.2, 0.25) is 0 Å². The molecule has 0 spiro atoms. The van der Waals surface area contributed by atoms with Gasteiger partial charge in [0.15, 0.2) is 5.96 Å². The number of likely N-dealkylation sites (tertiary alicyclic amines) is 1. The molecule has 4 nitrogen and oxygen atoms in total. The van der Waals surface area contributed by atoms with Crippen LogP contribution in [-0.4, -0.2) is 37.0 Å². The number of halogens is 2. The first-order chi connectivity index (χ1) is 12.6. The first kappa shape index (κ1) is 19.3. The molecule has 1 saturated heterocycles. The average Bonchev–Trinajstić information content (AvgIpc) is 3.14. The first-order valence-electron chi connectivity index (χ1n) is 8.78. The number of benzene rings is 1. The highest BCUT2D eigenvalue weighted by molar-refractivity contribution is 9.10. The predicted molar refractivity (Wildman–Crippen MR) is 110 cm³/mol. The Bertz CT molecular complexity index is 727. The molecule has 1 aromatic carbocycles. The lowest BCUT2D eigenvalue weighted by molar-refractivity contribution is 0.198. The van der Waals surface area contributed by atoms with E-state index in [1.54, 1.807) is 24.5 Å². The van der Waals surface area contributed by atoms with Crippen molar-refractivity contribution in [3.05, 3.63) is 56.4 Å². The van der Waals surface area contributed by atoms with Crippen LogP contribution in [0.1, 0.15) is 24.0 Å². The normalized spacial score (nSPS) is 16.7. The van der Waals surface area contributed by atoms with Gasteiger partial charge in [0.05, 0.1) is 0 Å². The number of hydrogen-bond donors (Lipinski definition) is 2. The summed E-state index contributed by atoms with van der Waals surface area (Å²) >= 11 is 5.03. The third-order valence-electron chi connectivity index (χ3n) is 4.60. The van der Waals surface area contributed by atoms with Crippen LogP contribution >= 0.6 is 27.3 Å². The monoisotopic (exact) mass is 438 g/mol. The van der Waals surface area contributed by atoms with Crippen LogP contribution in [0, 0.1) is 5.82 Å². The average molecular weight is 439 g/mol. The van der Waals surface area contributed by atoms with Crippen molar-refractivity contribution in [2.45, 2.75) is 32.0 Å². The minimum absolute atomic E-state index is 0.218. The van der Waals surface area contributed by atoms with Crippen molar-refractivity contribution in [3.63, 3.8) is 0 Å². The van der Waals surface area contributed by atoms with E-state index in [9.17, 15) is 4.39 Å². The van der Waals surface area contributed by atoms with E-state index in [-0.39, 0.29) is 5.82 Å². The van der Waals surface area contributed by atoms with Gasteiger partial charge >= 0.3 is 0 Å². The number of nitrogens with zero attached hydrogens (tertiary/aromatic N) is 2. The van der Waals surface area contributed by atoms with Crippen molar-refractivity contribution in [2.24, 2.45) is 4.99 Å². The molecule has 0 amide bonds.